The van der Waals surface area contributed by atoms with Crippen molar-refractivity contribution in [2.24, 2.45) is 0 Å². The van der Waals surface area contributed by atoms with E-state index >= 15 is 0 Å². The summed E-state index contributed by atoms with van der Waals surface area (Å²) < 4.78 is 32.3. The molecular weight excluding hydrogens is 264 g/mol. The molecule has 0 saturated carbocycles. The zero-order chi connectivity index (χ0) is 14.7. The Morgan fingerprint density at radius 1 is 1.10 bits per heavy atom. The van der Waals surface area contributed by atoms with Gasteiger partial charge in [0.15, 0.2) is 11.6 Å². The highest BCUT2D eigenvalue weighted by atomic mass is 19.2. The summed E-state index contributed by atoms with van der Waals surface area (Å²) in [5.41, 5.74) is -0.0741. The van der Waals surface area contributed by atoms with Crippen molar-refractivity contribution in [3.05, 3.63) is 59.2 Å². The van der Waals surface area contributed by atoms with Crippen molar-refractivity contribution in [2.45, 2.75) is 0 Å². The lowest BCUT2D eigenvalue weighted by Crippen LogP contribution is -2.07. The van der Waals surface area contributed by atoms with E-state index in [1.165, 1.54) is 18.2 Å². The van der Waals surface area contributed by atoms with Gasteiger partial charge in [0, 0.05) is 11.1 Å². The molecule has 0 aliphatic carbocycles. The zero-order valence-electron chi connectivity index (χ0n) is 10.5. The lowest BCUT2D eigenvalue weighted by atomic mass is 9.98. The Morgan fingerprint density at radius 3 is 2.45 bits per heavy atom. The standard InChI is InChI=1S/C15H9F2NO2/c1-20-15(19)12-7-6-11(13(16)14(12)17)10-5-3-2-4-9(10)8-18/h2-7H,1H3. The molecule has 0 radical (unpaired) electrons. The van der Waals surface area contributed by atoms with E-state index in [2.05, 4.69) is 4.74 Å². The fraction of sp³-hybridized carbons (Fsp3) is 0.0667. The van der Waals surface area contributed by atoms with Gasteiger partial charge in [-0.3, -0.25) is 0 Å². The molecule has 2 aromatic carbocycles. The molecular formula is C15H9F2NO2. The zero-order valence-corrected chi connectivity index (χ0v) is 10.5. The van der Waals surface area contributed by atoms with E-state index in [0.29, 0.717) is 0 Å². The van der Waals surface area contributed by atoms with E-state index in [9.17, 15) is 13.6 Å². The number of carbonyl (C=O) groups excluding carboxylic acids is 1. The second-order valence-electron chi connectivity index (χ2n) is 3.94. The van der Waals surface area contributed by atoms with Gasteiger partial charge in [0.05, 0.1) is 24.3 Å². The number of carbonyl (C=O) groups is 1. The summed E-state index contributed by atoms with van der Waals surface area (Å²) in [6, 6.07) is 10.5. The fourth-order valence-corrected chi connectivity index (χ4v) is 1.84. The van der Waals surface area contributed by atoms with E-state index < -0.39 is 23.2 Å². The second kappa shape index (κ2) is 5.49. The van der Waals surface area contributed by atoms with E-state index in [4.69, 9.17) is 5.26 Å². The second-order valence-corrected chi connectivity index (χ2v) is 3.94. The van der Waals surface area contributed by atoms with Gasteiger partial charge in [-0.1, -0.05) is 24.3 Å². The average molecular weight is 273 g/mol. The maximum Gasteiger partial charge on any atom is 0.340 e. The first-order valence-electron chi connectivity index (χ1n) is 5.66. The van der Waals surface area contributed by atoms with Crippen LogP contribution >= 0.6 is 0 Å². The summed E-state index contributed by atoms with van der Waals surface area (Å²) in [5.74, 6) is -3.43. The SMILES string of the molecule is COC(=O)c1ccc(-c2ccccc2C#N)c(F)c1F. The number of methoxy groups -OCH3 is 1. The lowest BCUT2D eigenvalue weighted by molar-refractivity contribution is 0.0594. The van der Waals surface area contributed by atoms with Crippen LogP contribution in [0.1, 0.15) is 15.9 Å². The Labute approximate surface area is 114 Å². The minimum Gasteiger partial charge on any atom is -0.465 e. The van der Waals surface area contributed by atoms with Gasteiger partial charge >= 0.3 is 5.97 Å². The molecule has 20 heavy (non-hydrogen) atoms. The molecule has 5 heteroatoms. The van der Waals surface area contributed by atoms with E-state index in [1.807, 2.05) is 6.07 Å². The minimum atomic E-state index is -1.29. The summed E-state index contributed by atoms with van der Waals surface area (Å²) in [5, 5.41) is 8.98. The predicted octanol–water partition coefficient (Wildman–Crippen LogP) is 3.29. The van der Waals surface area contributed by atoms with Crippen LogP contribution in [-0.2, 0) is 4.74 Å². The van der Waals surface area contributed by atoms with E-state index in [0.717, 1.165) is 13.2 Å². The number of hydrogen-bond acceptors (Lipinski definition) is 3. The summed E-state index contributed by atoms with van der Waals surface area (Å²) in [6.07, 6.45) is 0. The lowest BCUT2D eigenvalue weighted by Gasteiger charge is -2.08. The molecule has 0 fully saturated rings. The van der Waals surface area contributed by atoms with Crippen LogP contribution in [-0.4, -0.2) is 13.1 Å². The molecule has 0 unspecified atom stereocenters. The summed E-state index contributed by atoms with van der Waals surface area (Å²) >= 11 is 0. The molecule has 0 aliphatic heterocycles. The first-order chi connectivity index (χ1) is 9.60. The third-order valence-electron chi connectivity index (χ3n) is 2.83. The van der Waals surface area contributed by atoms with E-state index in [-0.39, 0.29) is 16.7 Å². The Hall–Kier alpha value is -2.74. The van der Waals surface area contributed by atoms with Gasteiger partial charge in [-0.15, -0.1) is 0 Å². The van der Waals surface area contributed by atoms with Crippen LogP contribution in [0.5, 0.6) is 0 Å². The molecule has 0 spiro atoms. The number of rotatable bonds is 2. The highest BCUT2D eigenvalue weighted by molar-refractivity contribution is 5.90. The van der Waals surface area contributed by atoms with Crippen molar-refractivity contribution in [1.82, 2.24) is 0 Å². The normalized spacial score (nSPS) is 9.90. The number of ether oxygens (including phenoxy) is 1. The van der Waals surface area contributed by atoms with Crippen LogP contribution in [0.15, 0.2) is 36.4 Å². The van der Waals surface area contributed by atoms with Crippen LogP contribution in [0.3, 0.4) is 0 Å². The number of esters is 1. The Bertz CT molecular complexity index is 720. The van der Waals surface area contributed by atoms with Gasteiger partial charge in [-0.05, 0) is 12.1 Å². The molecule has 3 nitrogen and oxygen atoms in total. The topological polar surface area (TPSA) is 50.1 Å². The number of nitrogens with zero attached hydrogens (tertiary/aromatic N) is 1. The van der Waals surface area contributed by atoms with Crippen LogP contribution in [0.2, 0.25) is 0 Å². The van der Waals surface area contributed by atoms with Gasteiger partial charge in [0.1, 0.15) is 0 Å². The van der Waals surface area contributed by atoms with Gasteiger partial charge in [0.2, 0.25) is 0 Å². The third-order valence-corrected chi connectivity index (χ3v) is 2.83. The molecule has 100 valence electrons. The smallest absolute Gasteiger partial charge is 0.340 e. The van der Waals surface area contributed by atoms with Gasteiger partial charge in [-0.25, -0.2) is 13.6 Å². The summed E-state index contributed by atoms with van der Waals surface area (Å²) in [6.45, 7) is 0. The van der Waals surface area contributed by atoms with Crippen LogP contribution in [0, 0.1) is 23.0 Å². The highest BCUT2D eigenvalue weighted by Gasteiger charge is 2.20. The predicted molar refractivity (Wildman–Crippen MR) is 67.8 cm³/mol. The molecule has 0 atom stereocenters. The van der Waals surface area contributed by atoms with Gasteiger partial charge < -0.3 is 4.74 Å². The molecule has 0 heterocycles. The van der Waals surface area contributed by atoms with Crippen molar-refractivity contribution in [1.29, 1.82) is 5.26 Å². The maximum absolute atomic E-state index is 14.1. The first-order valence-corrected chi connectivity index (χ1v) is 5.66. The van der Waals surface area contributed by atoms with Gasteiger partial charge in [0.25, 0.3) is 0 Å². The molecule has 0 aromatic heterocycles. The van der Waals surface area contributed by atoms with Crippen molar-refractivity contribution in [2.75, 3.05) is 7.11 Å². The van der Waals surface area contributed by atoms with Crippen LogP contribution in [0.4, 0.5) is 8.78 Å². The van der Waals surface area contributed by atoms with Gasteiger partial charge in [-0.2, -0.15) is 5.26 Å². The molecule has 0 amide bonds. The number of hydrogen-bond donors (Lipinski definition) is 0. The Kier molecular flexibility index (Phi) is 3.76. The van der Waals surface area contributed by atoms with Crippen molar-refractivity contribution in [3.8, 4) is 17.2 Å². The van der Waals surface area contributed by atoms with Crippen molar-refractivity contribution < 1.29 is 18.3 Å². The molecule has 0 saturated heterocycles. The Morgan fingerprint density at radius 2 is 1.80 bits per heavy atom. The molecule has 2 aromatic rings. The molecule has 0 N–H and O–H groups in total. The van der Waals surface area contributed by atoms with Crippen molar-refractivity contribution in [3.63, 3.8) is 0 Å². The molecule has 2 rings (SSSR count). The monoisotopic (exact) mass is 273 g/mol. The minimum absolute atomic E-state index is 0.0766. The highest BCUT2D eigenvalue weighted by Crippen LogP contribution is 2.29. The third kappa shape index (κ3) is 2.24. The first kappa shape index (κ1) is 13.7. The number of benzene rings is 2. The van der Waals surface area contributed by atoms with Crippen LogP contribution in [0.25, 0.3) is 11.1 Å². The largest absolute Gasteiger partial charge is 0.465 e. The number of halogens is 2. The molecule has 0 bridgehead atoms. The molecule has 0 aliphatic rings. The quantitative estimate of drug-likeness (QED) is 0.789. The summed E-state index contributed by atoms with van der Waals surface area (Å²) in [4.78, 5) is 11.3. The van der Waals surface area contributed by atoms with Crippen molar-refractivity contribution >= 4 is 5.97 Å². The number of nitriles is 1. The van der Waals surface area contributed by atoms with E-state index in [1.54, 1.807) is 12.1 Å². The maximum atomic E-state index is 14.1. The van der Waals surface area contributed by atoms with Crippen LogP contribution < -0.4 is 0 Å². The fourth-order valence-electron chi connectivity index (χ4n) is 1.84. The average Bonchev–Trinajstić information content (AvgIpc) is 2.49. The summed E-state index contributed by atoms with van der Waals surface area (Å²) in [7, 11) is 1.08. The Balaban J connectivity index is 2.64.